The fourth-order valence-corrected chi connectivity index (χ4v) is 2.52. The Labute approximate surface area is 124 Å². The number of halogens is 2. The van der Waals surface area contributed by atoms with E-state index in [0.717, 1.165) is 0 Å². The SMILES string of the molecule is OC(c1ccc2c(c1)OCCO2)c1cccc(Br)c1F. The van der Waals surface area contributed by atoms with Crippen molar-refractivity contribution in [2.45, 2.75) is 6.10 Å². The number of benzene rings is 2. The Hall–Kier alpha value is -1.59. The highest BCUT2D eigenvalue weighted by molar-refractivity contribution is 9.10. The molecule has 0 bridgehead atoms. The van der Waals surface area contributed by atoms with E-state index < -0.39 is 11.9 Å². The summed E-state index contributed by atoms with van der Waals surface area (Å²) >= 11 is 3.12. The van der Waals surface area contributed by atoms with Gasteiger partial charge in [0.2, 0.25) is 0 Å². The van der Waals surface area contributed by atoms with E-state index in [2.05, 4.69) is 15.9 Å². The average Bonchev–Trinajstić information content (AvgIpc) is 2.49. The molecule has 0 amide bonds. The van der Waals surface area contributed by atoms with Crippen LogP contribution in [0.25, 0.3) is 0 Å². The summed E-state index contributed by atoms with van der Waals surface area (Å²) in [5.74, 6) is 0.750. The second-order valence-electron chi connectivity index (χ2n) is 4.45. The molecule has 3 rings (SSSR count). The van der Waals surface area contributed by atoms with Crippen LogP contribution in [0.1, 0.15) is 17.2 Å². The minimum Gasteiger partial charge on any atom is -0.486 e. The summed E-state index contributed by atoms with van der Waals surface area (Å²) in [6.07, 6.45) is -1.05. The van der Waals surface area contributed by atoms with Crippen molar-refractivity contribution in [3.8, 4) is 11.5 Å². The molecule has 2 aromatic carbocycles. The van der Waals surface area contributed by atoms with E-state index in [1.165, 1.54) is 0 Å². The lowest BCUT2D eigenvalue weighted by molar-refractivity contribution is 0.169. The van der Waals surface area contributed by atoms with Gasteiger partial charge in [-0.3, -0.25) is 0 Å². The second-order valence-corrected chi connectivity index (χ2v) is 5.30. The van der Waals surface area contributed by atoms with Gasteiger partial charge in [0.25, 0.3) is 0 Å². The van der Waals surface area contributed by atoms with Crippen molar-refractivity contribution in [2.24, 2.45) is 0 Å². The Kier molecular flexibility index (Phi) is 3.63. The van der Waals surface area contributed by atoms with Crippen LogP contribution in [0.5, 0.6) is 11.5 Å². The highest BCUT2D eigenvalue weighted by Gasteiger charge is 2.19. The molecule has 0 spiro atoms. The van der Waals surface area contributed by atoms with Gasteiger partial charge in [-0.25, -0.2) is 4.39 Å². The minimum atomic E-state index is -1.05. The van der Waals surface area contributed by atoms with Gasteiger partial charge in [0.15, 0.2) is 11.5 Å². The molecule has 104 valence electrons. The van der Waals surface area contributed by atoms with Crippen LogP contribution in [0.3, 0.4) is 0 Å². The summed E-state index contributed by atoms with van der Waals surface area (Å²) in [7, 11) is 0. The molecule has 1 aliphatic heterocycles. The molecule has 20 heavy (non-hydrogen) atoms. The maximum absolute atomic E-state index is 14.0. The Bertz CT molecular complexity index is 645. The Morgan fingerprint density at radius 3 is 2.65 bits per heavy atom. The van der Waals surface area contributed by atoms with Crippen molar-refractivity contribution in [3.05, 3.63) is 57.8 Å². The monoisotopic (exact) mass is 338 g/mol. The molecular formula is C15H12BrFO3. The van der Waals surface area contributed by atoms with Crippen LogP contribution in [-0.4, -0.2) is 18.3 Å². The number of ether oxygens (including phenoxy) is 2. The van der Waals surface area contributed by atoms with Crippen LogP contribution in [-0.2, 0) is 0 Å². The predicted octanol–water partition coefficient (Wildman–Crippen LogP) is 3.44. The lowest BCUT2D eigenvalue weighted by Crippen LogP contribution is -2.15. The summed E-state index contributed by atoms with van der Waals surface area (Å²) in [5.41, 5.74) is 0.780. The van der Waals surface area contributed by atoms with Crippen LogP contribution >= 0.6 is 15.9 Å². The predicted molar refractivity (Wildman–Crippen MR) is 75.6 cm³/mol. The molecule has 0 saturated heterocycles. The molecule has 1 heterocycles. The second kappa shape index (κ2) is 5.42. The first-order chi connectivity index (χ1) is 9.66. The minimum absolute atomic E-state index is 0.219. The number of aliphatic hydroxyl groups is 1. The van der Waals surface area contributed by atoms with E-state index in [1.54, 1.807) is 36.4 Å². The van der Waals surface area contributed by atoms with E-state index in [4.69, 9.17) is 9.47 Å². The number of hydrogen-bond donors (Lipinski definition) is 1. The van der Waals surface area contributed by atoms with E-state index in [-0.39, 0.29) is 5.56 Å². The van der Waals surface area contributed by atoms with Gasteiger partial charge in [-0.05, 0) is 39.7 Å². The first-order valence-electron chi connectivity index (χ1n) is 6.18. The van der Waals surface area contributed by atoms with E-state index in [9.17, 15) is 9.50 Å². The van der Waals surface area contributed by atoms with Gasteiger partial charge in [0.05, 0.1) is 4.47 Å². The summed E-state index contributed by atoms with van der Waals surface area (Å²) in [4.78, 5) is 0. The van der Waals surface area contributed by atoms with Gasteiger partial charge >= 0.3 is 0 Å². The zero-order valence-electron chi connectivity index (χ0n) is 10.5. The third-order valence-corrected chi connectivity index (χ3v) is 3.77. The number of aliphatic hydroxyl groups excluding tert-OH is 1. The molecule has 1 atom stereocenters. The smallest absolute Gasteiger partial charge is 0.161 e. The fourth-order valence-electron chi connectivity index (χ4n) is 2.14. The summed E-state index contributed by atoms with van der Waals surface area (Å²) in [6.45, 7) is 0.979. The van der Waals surface area contributed by atoms with Crippen molar-refractivity contribution in [1.82, 2.24) is 0 Å². The Morgan fingerprint density at radius 1 is 1.10 bits per heavy atom. The molecular weight excluding hydrogens is 327 g/mol. The van der Waals surface area contributed by atoms with Gasteiger partial charge in [-0.2, -0.15) is 0 Å². The zero-order valence-corrected chi connectivity index (χ0v) is 12.1. The Balaban J connectivity index is 1.98. The summed E-state index contributed by atoms with van der Waals surface area (Å²) in [6, 6.07) is 9.95. The van der Waals surface area contributed by atoms with Gasteiger partial charge in [-0.1, -0.05) is 18.2 Å². The number of fused-ring (bicyclic) bond motifs is 1. The maximum Gasteiger partial charge on any atom is 0.161 e. The quantitative estimate of drug-likeness (QED) is 0.911. The van der Waals surface area contributed by atoms with Crippen LogP contribution in [0, 0.1) is 5.82 Å². The van der Waals surface area contributed by atoms with Crippen LogP contribution < -0.4 is 9.47 Å². The lowest BCUT2D eigenvalue weighted by Gasteiger charge is -2.20. The molecule has 3 nitrogen and oxygen atoms in total. The molecule has 1 N–H and O–H groups in total. The van der Waals surface area contributed by atoms with Gasteiger partial charge in [-0.15, -0.1) is 0 Å². The molecule has 0 fully saturated rings. The summed E-state index contributed by atoms with van der Waals surface area (Å²) in [5, 5.41) is 10.3. The van der Waals surface area contributed by atoms with Crippen molar-refractivity contribution < 1.29 is 19.0 Å². The molecule has 0 saturated carbocycles. The molecule has 1 unspecified atom stereocenters. The van der Waals surface area contributed by atoms with Gasteiger partial charge in [0.1, 0.15) is 25.1 Å². The lowest BCUT2D eigenvalue weighted by atomic mass is 10.0. The topological polar surface area (TPSA) is 38.7 Å². The third-order valence-electron chi connectivity index (χ3n) is 3.16. The van der Waals surface area contributed by atoms with Gasteiger partial charge < -0.3 is 14.6 Å². The number of hydrogen-bond acceptors (Lipinski definition) is 3. The molecule has 0 aliphatic carbocycles. The zero-order chi connectivity index (χ0) is 14.1. The standard InChI is InChI=1S/C15H12BrFO3/c16-11-3-1-2-10(14(11)17)15(18)9-4-5-12-13(8-9)20-7-6-19-12/h1-5,8,15,18H,6-7H2. The maximum atomic E-state index is 14.0. The van der Waals surface area contributed by atoms with Gasteiger partial charge in [0, 0.05) is 5.56 Å². The third kappa shape index (κ3) is 2.39. The summed E-state index contributed by atoms with van der Waals surface area (Å²) < 4.78 is 25.2. The molecule has 0 aromatic heterocycles. The largest absolute Gasteiger partial charge is 0.486 e. The highest BCUT2D eigenvalue weighted by Crippen LogP contribution is 2.35. The van der Waals surface area contributed by atoms with E-state index in [1.807, 2.05) is 0 Å². The molecule has 0 radical (unpaired) electrons. The molecule has 1 aliphatic rings. The van der Waals surface area contributed by atoms with Crippen molar-refractivity contribution >= 4 is 15.9 Å². The van der Waals surface area contributed by atoms with Crippen LogP contribution in [0.4, 0.5) is 4.39 Å². The fraction of sp³-hybridized carbons (Fsp3) is 0.200. The highest BCUT2D eigenvalue weighted by atomic mass is 79.9. The van der Waals surface area contributed by atoms with Crippen molar-refractivity contribution in [2.75, 3.05) is 13.2 Å². The first kappa shape index (κ1) is 13.4. The average molecular weight is 339 g/mol. The number of rotatable bonds is 2. The van der Waals surface area contributed by atoms with E-state index in [0.29, 0.717) is 34.7 Å². The molecule has 5 heteroatoms. The van der Waals surface area contributed by atoms with Crippen LogP contribution in [0.15, 0.2) is 40.9 Å². The normalized spacial score (nSPS) is 14.9. The van der Waals surface area contributed by atoms with Crippen LogP contribution in [0.2, 0.25) is 0 Å². The Morgan fingerprint density at radius 2 is 1.85 bits per heavy atom. The van der Waals surface area contributed by atoms with E-state index >= 15 is 0 Å². The first-order valence-corrected chi connectivity index (χ1v) is 6.97. The van der Waals surface area contributed by atoms with Crippen molar-refractivity contribution in [3.63, 3.8) is 0 Å². The molecule has 2 aromatic rings. The van der Waals surface area contributed by atoms with Crippen molar-refractivity contribution in [1.29, 1.82) is 0 Å².